The van der Waals surface area contributed by atoms with Crippen molar-refractivity contribution in [2.45, 2.75) is 20.4 Å². The summed E-state index contributed by atoms with van der Waals surface area (Å²) in [5.74, 6) is -0.735. The molecule has 3 aromatic rings. The van der Waals surface area contributed by atoms with Gasteiger partial charge in [0.15, 0.2) is 0 Å². The van der Waals surface area contributed by atoms with Gasteiger partial charge in [-0.2, -0.15) is 0 Å². The molecule has 0 saturated heterocycles. The Balaban J connectivity index is 2.45. The third-order valence-electron chi connectivity index (χ3n) is 4.64. The highest BCUT2D eigenvalue weighted by molar-refractivity contribution is 6.42. The first kappa shape index (κ1) is 21.4. The van der Waals surface area contributed by atoms with Gasteiger partial charge in [-0.05, 0) is 38.1 Å². The molecule has 0 atom stereocenters. The van der Waals surface area contributed by atoms with Crippen LogP contribution < -0.4 is 5.43 Å². The molecule has 0 bridgehead atoms. The van der Waals surface area contributed by atoms with E-state index in [-0.39, 0.29) is 5.56 Å². The molecule has 1 aromatic carbocycles. The highest BCUT2D eigenvalue weighted by Crippen LogP contribution is 2.33. The molecule has 2 heterocycles. The Morgan fingerprint density at radius 1 is 1.10 bits per heavy atom. The predicted octanol–water partition coefficient (Wildman–Crippen LogP) is 5.65. The number of ether oxygens (including phenoxy) is 1. The van der Waals surface area contributed by atoms with Crippen LogP contribution in [0.3, 0.4) is 0 Å². The number of carbonyl (C=O) groups excluding carboxylic acids is 1. The number of pyridine rings is 2. The van der Waals surface area contributed by atoms with E-state index in [4.69, 9.17) is 39.5 Å². The van der Waals surface area contributed by atoms with Gasteiger partial charge < -0.3 is 9.30 Å². The summed E-state index contributed by atoms with van der Waals surface area (Å²) in [6.45, 7) is 4.24. The minimum Gasteiger partial charge on any atom is -0.465 e. The molecule has 0 saturated carbocycles. The third kappa shape index (κ3) is 3.90. The van der Waals surface area contributed by atoms with Crippen LogP contribution in [-0.4, -0.2) is 22.6 Å². The molecule has 0 fully saturated rings. The van der Waals surface area contributed by atoms with Crippen LogP contribution in [0, 0.1) is 6.92 Å². The summed E-state index contributed by atoms with van der Waals surface area (Å²) >= 11 is 18.1. The normalized spacial score (nSPS) is 10.8. The van der Waals surface area contributed by atoms with E-state index in [9.17, 15) is 9.59 Å². The number of nitrogens with zero attached hydrogens (tertiary/aromatic N) is 2. The summed E-state index contributed by atoms with van der Waals surface area (Å²) in [6.07, 6.45) is 1.51. The molecule has 0 aliphatic heterocycles. The maximum absolute atomic E-state index is 13.5. The number of rotatable bonds is 4. The topological polar surface area (TPSA) is 61.2 Å². The van der Waals surface area contributed by atoms with E-state index < -0.39 is 11.4 Å². The molecule has 0 N–H and O–H groups in total. The number of halogens is 3. The molecule has 0 radical (unpaired) electrons. The Bertz CT molecular complexity index is 1160. The minimum absolute atomic E-state index is 0.0803. The lowest BCUT2D eigenvalue weighted by molar-refractivity contribution is 0.0599. The Hall–Kier alpha value is -2.34. The van der Waals surface area contributed by atoms with Crippen LogP contribution in [0.15, 0.2) is 41.3 Å². The molecule has 3 rings (SSSR count). The van der Waals surface area contributed by atoms with Gasteiger partial charge in [0, 0.05) is 29.6 Å². The summed E-state index contributed by atoms with van der Waals surface area (Å²) < 4.78 is 6.81. The zero-order valence-corrected chi connectivity index (χ0v) is 18.2. The van der Waals surface area contributed by atoms with E-state index in [1.165, 1.54) is 13.3 Å². The SMILES string of the molecule is CCn1c(C)c(-c2ccc(Cl)nc2)c(=O)c(C(=O)OC)c1-c1ccc(Cl)c(Cl)c1. The lowest BCUT2D eigenvalue weighted by Crippen LogP contribution is -2.26. The molecular formula is C21H17Cl3N2O3. The fourth-order valence-corrected chi connectivity index (χ4v) is 3.74. The van der Waals surface area contributed by atoms with Crippen molar-refractivity contribution in [3.05, 3.63) is 73.2 Å². The van der Waals surface area contributed by atoms with Crippen molar-refractivity contribution >= 4 is 40.8 Å². The van der Waals surface area contributed by atoms with E-state index in [2.05, 4.69) is 4.98 Å². The number of benzene rings is 1. The largest absolute Gasteiger partial charge is 0.465 e. The fourth-order valence-electron chi connectivity index (χ4n) is 3.33. The maximum Gasteiger partial charge on any atom is 0.344 e. The van der Waals surface area contributed by atoms with Crippen molar-refractivity contribution in [2.75, 3.05) is 7.11 Å². The van der Waals surface area contributed by atoms with Gasteiger partial charge in [-0.25, -0.2) is 9.78 Å². The van der Waals surface area contributed by atoms with Crippen molar-refractivity contribution in [1.82, 2.24) is 9.55 Å². The molecule has 5 nitrogen and oxygen atoms in total. The van der Waals surface area contributed by atoms with Gasteiger partial charge >= 0.3 is 5.97 Å². The van der Waals surface area contributed by atoms with Crippen molar-refractivity contribution in [2.24, 2.45) is 0 Å². The van der Waals surface area contributed by atoms with Crippen molar-refractivity contribution in [3.63, 3.8) is 0 Å². The monoisotopic (exact) mass is 450 g/mol. The summed E-state index contributed by atoms with van der Waals surface area (Å²) in [6, 6.07) is 8.25. The van der Waals surface area contributed by atoms with Gasteiger partial charge in [0.25, 0.3) is 0 Å². The molecule has 0 spiro atoms. The van der Waals surface area contributed by atoms with E-state index >= 15 is 0 Å². The second kappa shape index (κ2) is 8.57. The summed E-state index contributed by atoms with van der Waals surface area (Å²) in [4.78, 5) is 30.2. The Morgan fingerprint density at radius 2 is 1.79 bits per heavy atom. The van der Waals surface area contributed by atoms with Gasteiger partial charge in [-0.1, -0.05) is 40.9 Å². The minimum atomic E-state index is -0.735. The number of carbonyl (C=O) groups is 1. The van der Waals surface area contributed by atoms with Gasteiger partial charge in [0.05, 0.1) is 28.4 Å². The quantitative estimate of drug-likeness (QED) is 0.380. The van der Waals surface area contributed by atoms with Crippen LogP contribution >= 0.6 is 34.8 Å². The average Bonchev–Trinajstić information content (AvgIpc) is 2.70. The molecule has 29 heavy (non-hydrogen) atoms. The van der Waals surface area contributed by atoms with Gasteiger partial charge in [0.1, 0.15) is 10.7 Å². The summed E-state index contributed by atoms with van der Waals surface area (Å²) in [5, 5.41) is 1.00. The zero-order valence-electron chi connectivity index (χ0n) is 15.9. The number of esters is 1. The van der Waals surface area contributed by atoms with E-state index in [1.807, 2.05) is 18.4 Å². The number of aromatic nitrogens is 2. The van der Waals surface area contributed by atoms with E-state index in [0.29, 0.717) is 49.8 Å². The highest BCUT2D eigenvalue weighted by Gasteiger charge is 2.26. The molecule has 0 unspecified atom stereocenters. The molecule has 8 heteroatoms. The molecule has 2 aromatic heterocycles. The number of methoxy groups -OCH3 is 1. The highest BCUT2D eigenvalue weighted by atomic mass is 35.5. The fraction of sp³-hybridized carbons (Fsp3) is 0.190. The average molecular weight is 452 g/mol. The molecular weight excluding hydrogens is 435 g/mol. The molecule has 0 aliphatic carbocycles. The van der Waals surface area contributed by atoms with Gasteiger partial charge in [-0.3, -0.25) is 4.79 Å². The molecule has 150 valence electrons. The zero-order chi connectivity index (χ0) is 21.3. The summed E-state index contributed by atoms with van der Waals surface area (Å²) in [5.41, 5.74) is 2.07. The number of hydrogen-bond acceptors (Lipinski definition) is 4. The third-order valence-corrected chi connectivity index (χ3v) is 5.60. The van der Waals surface area contributed by atoms with Crippen molar-refractivity contribution in [3.8, 4) is 22.4 Å². The van der Waals surface area contributed by atoms with Crippen LogP contribution in [0.2, 0.25) is 15.2 Å². The van der Waals surface area contributed by atoms with Crippen LogP contribution in [0.1, 0.15) is 23.0 Å². The second-order valence-corrected chi connectivity index (χ2v) is 7.45. The second-order valence-electron chi connectivity index (χ2n) is 6.25. The Morgan fingerprint density at radius 3 is 2.34 bits per heavy atom. The molecule has 0 aliphatic rings. The van der Waals surface area contributed by atoms with Crippen molar-refractivity contribution < 1.29 is 9.53 Å². The first-order valence-corrected chi connectivity index (χ1v) is 9.86. The van der Waals surface area contributed by atoms with Gasteiger partial charge in [-0.15, -0.1) is 0 Å². The predicted molar refractivity (Wildman–Crippen MR) is 116 cm³/mol. The van der Waals surface area contributed by atoms with Gasteiger partial charge in [0.2, 0.25) is 5.43 Å². The number of hydrogen-bond donors (Lipinski definition) is 0. The lowest BCUT2D eigenvalue weighted by Gasteiger charge is -2.21. The smallest absolute Gasteiger partial charge is 0.344 e. The van der Waals surface area contributed by atoms with Crippen LogP contribution in [0.4, 0.5) is 0 Å². The van der Waals surface area contributed by atoms with Crippen LogP contribution in [-0.2, 0) is 11.3 Å². The first-order chi connectivity index (χ1) is 13.8. The van der Waals surface area contributed by atoms with Crippen molar-refractivity contribution in [1.29, 1.82) is 0 Å². The first-order valence-electron chi connectivity index (χ1n) is 8.73. The van der Waals surface area contributed by atoms with Crippen LogP contribution in [0.5, 0.6) is 0 Å². The maximum atomic E-state index is 13.5. The Labute approximate surface area is 182 Å². The van der Waals surface area contributed by atoms with E-state index in [0.717, 1.165) is 0 Å². The molecule has 0 amide bonds. The lowest BCUT2D eigenvalue weighted by atomic mass is 9.97. The summed E-state index contributed by atoms with van der Waals surface area (Å²) in [7, 11) is 1.24. The Kier molecular flexibility index (Phi) is 6.32. The van der Waals surface area contributed by atoms with Crippen LogP contribution in [0.25, 0.3) is 22.4 Å². The van der Waals surface area contributed by atoms with E-state index in [1.54, 1.807) is 30.3 Å². The standard InChI is InChI=1S/C21H17Cl3N2O3/c1-4-26-11(2)17(13-6-8-16(24)25-10-13)20(27)18(21(28)29-3)19(26)12-5-7-14(22)15(23)9-12/h5-10H,4H2,1-3H3.